The molecule has 10 heteroatoms. The molecule has 2 N–H and O–H groups in total. The zero-order chi connectivity index (χ0) is 22.1. The number of nitrogens with zero attached hydrogens (tertiary/aromatic N) is 2. The molecule has 0 saturated carbocycles. The third-order valence-corrected chi connectivity index (χ3v) is 7.35. The maximum Gasteiger partial charge on any atom is 0.285 e. The summed E-state index contributed by atoms with van der Waals surface area (Å²) < 4.78 is 31.0. The van der Waals surface area contributed by atoms with E-state index in [1.807, 2.05) is 17.0 Å². The molecule has 1 fully saturated rings. The molecular formula is C20H28N4O4S2. The van der Waals surface area contributed by atoms with Crippen LogP contribution in [0.3, 0.4) is 0 Å². The molecule has 0 bridgehead atoms. The van der Waals surface area contributed by atoms with E-state index in [1.165, 1.54) is 11.3 Å². The van der Waals surface area contributed by atoms with Crippen molar-refractivity contribution in [1.82, 2.24) is 15.2 Å². The Morgan fingerprint density at radius 3 is 2.33 bits per heavy atom. The summed E-state index contributed by atoms with van der Waals surface area (Å²) in [6, 6.07) is 3.75. The molecule has 0 radical (unpaired) electrons. The molecule has 164 valence electrons. The molecule has 1 amide bonds. The van der Waals surface area contributed by atoms with Crippen LogP contribution in [0.25, 0.3) is 0 Å². The van der Waals surface area contributed by atoms with Gasteiger partial charge in [0.2, 0.25) is 0 Å². The van der Waals surface area contributed by atoms with Gasteiger partial charge in [0.05, 0.1) is 18.1 Å². The van der Waals surface area contributed by atoms with Gasteiger partial charge in [0.1, 0.15) is 5.69 Å². The molecule has 0 unspecified atom stereocenters. The summed E-state index contributed by atoms with van der Waals surface area (Å²) >= 11 is 1.34. The number of carbonyl (C=O) groups excluding carboxylic acids is 1. The molecule has 1 aliphatic rings. The number of amides is 1. The summed E-state index contributed by atoms with van der Waals surface area (Å²) in [4.78, 5) is 21.2. The molecule has 0 aliphatic carbocycles. The third-order valence-electron chi connectivity index (χ3n) is 4.90. The average molecular weight is 453 g/mol. The number of ether oxygens (including phenoxy) is 1. The number of hydrazine groups is 1. The highest BCUT2D eigenvalue weighted by Crippen LogP contribution is 2.29. The summed E-state index contributed by atoms with van der Waals surface area (Å²) in [7, 11) is -3.93. The molecular weight excluding hydrogens is 424 g/mol. The topological polar surface area (TPSA) is 101 Å². The van der Waals surface area contributed by atoms with Crippen molar-refractivity contribution < 1.29 is 17.9 Å². The number of carbonyl (C=O) groups is 1. The van der Waals surface area contributed by atoms with Crippen molar-refractivity contribution in [2.45, 2.75) is 44.9 Å². The average Bonchev–Trinajstić information content (AvgIpc) is 3.16. The number of sulfonamides is 1. The van der Waals surface area contributed by atoms with E-state index in [9.17, 15) is 13.2 Å². The SMILES string of the molecule is Cc1cc(C(C)(C)C)cc(C)c1S(=O)(=O)NNC(=O)c1csc(N2CCOCC2)n1. The van der Waals surface area contributed by atoms with Crippen LogP contribution in [-0.2, 0) is 20.2 Å². The standard InChI is InChI=1S/C20H28N4O4S2/c1-13-10-15(20(3,4)5)11-14(2)17(13)30(26,27)23-22-18(25)16-12-29-19(21-16)24-6-8-28-9-7-24/h10-12,23H,6-9H2,1-5H3,(H,22,25). The predicted octanol–water partition coefficient (Wildman–Crippen LogP) is 2.52. The van der Waals surface area contributed by atoms with E-state index >= 15 is 0 Å². The van der Waals surface area contributed by atoms with Gasteiger partial charge in [0, 0.05) is 18.5 Å². The van der Waals surface area contributed by atoms with Gasteiger partial charge in [-0.25, -0.2) is 13.4 Å². The van der Waals surface area contributed by atoms with Crippen LogP contribution >= 0.6 is 11.3 Å². The van der Waals surface area contributed by atoms with E-state index in [0.717, 1.165) is 10.7 Å². The van der Waals surface area contributed by atoms with Crippen LogP contribution in [0.1, 0.15) is 48.0 Å². The highest BCUT2D eigenvalue weighted by Gasteiger charge is 2.24. The second kappa shape index (κ2) is 8.62. The molecule has 30 heavy (non-hydrogen) atoms. The van der Waals surface area contributed by atoms with Gasteiger partial charge in [-0.15, -0.1) is 16.2 Å². The molecule has 3 rings (SSSR count). The fraction of sp³-hybridized carbons (Fsp3) is 0.500. The molecule has 2 heterocycles. The van der Waals surface area contributed by atoms with Crippen molar-refractivity contribution in [3.63, 3.8) is 0 Å². The lowest BCUT2D eigenvalue weighted by atomic mass is 9.85. The van der Waals surface area contributed by atoms with Crippen LogP contribution in [0.4, 0.5) is 5.13 Å². The van der Waals surface area contributed by atoms with Crippen LogP contribution < -0.4 is 15.2 Å². The van der Waals surface area contributed by atoms with Crippen LogP contribution in [0.5, 0.6) is 0 Å². The van der Waals surface area contributed by atoms with E-state index < -0.39 is 15.9 Å². The van der Waals surface area contributed by atoms with Crippen molar-refractivity contribution in [3.8, 4) is 0 Å². The van der Waals surface area contributed by atoms with Gasteiger partial charge in [0.25, 0.3) is 15.9 Å². The number of aromatic nitrogens is 1. The molecule has 8 nitrogen and oxygen atoms in total. The monoisotopic (exact) mass is 452 g/mol. The summed E-state index contributed by atoms with van der Waals surface area (Å²) in [5.74, 6) is -0.601. The lowest BCUT2D eigenvalue weighted by Crippen LogP contribution is -2.42. The first kappa shape index (κ1) is 22.7. The zero-order valence-electron chi connectivity index (χ0n) is 17.9. The lowest BCUT2D eigenvalue weighted by molar-refractivity contribution is 0.0940. The number of thiazole rings is 1. The highest BCUT2D eigenvalue weighted by atomic mass is 32.2. The van der Waals surface area contributed by atoms with E-state index in [2.05, 4.69) is 36.0 Å². The fourth-order valence-corrected chi connectivity index (χ4v) is 5.46. The summed E-state index contributed by atoms with van der Waals surface area (Å²) in [6.45, 7) is 12.4. The third kappa shape index (κ3) is 5.00. The Kier molecular flexibility index (Phi) is 6.51. The van der Waals surface area contributed by atoms with Crippen molar-refractivity contribution in [1.29, 1.82) is 0 Å². The van der Waals surface area contributed by atoms with Crippen molar-refractivity contribution in [2.75, 3.05) is 31.2 Å². The molecule has 1 saturated heterocycles. The van der Waals surface area contributed by atoms with E-state index in [1.54, 1.807) is 19.2 Å². The number of morpholine rings is 1. The van der Waals surface area contributed by atoms with Gasteiger partial charge < -0.3 is 9.64 Å². The fourth-order valence-electron chi connectivity index (χ4n) is 3.30. The van der Waals surface area contributed by atoms with E-state index in [4.69, 9.17) is 4.74 Å². The molecule has 1 aromatic carbocycles. The minimum Gasteiger partial charge on any atom is -0.378 e. The van der Waals surface area contributed by atoms with Gasteiger partial charge in [-0.2, -0.15) is 0 Å². The highest BCUT2D eigenvalue weighted by molar-refractivity contribution is 7.89. The summed E-state index contributed by atoms with van der Waals surface area (Å²) in [5, 5.41) is 2.33. The van der Waals surface area contributed by atoms with Crippen LogP contribution in [0, 0.1) is 13.8 Å². The van der Waals surface area contributed by atoms with Crippen molar-refractivity contribution in [2.24, 2.45) is 0 Å². The minimum absolute atomic E-state index is 0.0950. The Balaban J connectivity index is 1.72. The first-order valence-corrected chi connectivity index (χ1v) is 12.1. The maximum absolute atomic E-state index is 12.9. The molecule has 1 aromatic heterocycles. The van der Waals surface area contributed by atoms with E-state index in [0.29, 0.717) is 37.4 Å². The minimum atomic E-state index is -3.93. The second-order valence-corrected chi connectivity index (χ2v) is 10.8. The maximum atomic E-state index is 12.9. The molecule has 1 aliphatic heterocycles. The van der Waals surface area contributed by atoms with Gasteiger partial charge in [-0.05, 0) is 36.0 Å². The largest absolute Gasteiger partial charge is 0.378 e. The number of rotatable bonds is 5. The number of nitrogens with one attached hydrogen (secondary N) is 2. The number of anilines is 1. The molecule has 2 aromatic rings. The Morgan fingerprint density at radius 1 is 1.17 bits per heavy atom. The number of hydrogen-bond donors (Lipinski definition) is 2. The Morgan fingerprint density at radius 2 is 1.77 bits per heavy atom. The first-order valence-electron chi connectivity index (χ1n) is 9.71. The van der Waals surface area contributed by atoms with Gasteiger partial charge >= 0.3 is 0 Å². The van der Waals surface area contributed by atoms with Crippen LogP contribution in [-0.4, -0.2) is 45.6 Å². The Labute approximate surface area is 181 Å². The second-order valence-electron chi connectivity index (χ2n) is 8.36. The smallest absolute Gasteiger partial charge is 0.285 e. The van der Waals surface area contributed by atoms with Gasteiger partial charge in [-0.3, -0.25) is 10.2 Å². The normalized spacial score (nSPS) is 15.3. The quantitative estimate of drug-likeness (QED) is 0.676. The van der Waals surface area contributed by atoms with Crippen LogP contribution in [0.15, 0.2) is 22.4 Å². The molecule has 0 atom stereocenters. The first-order chi connectivity index (χ1) is 14.0. The Bertz CT molecular complexity index is 1010. The number of aryl methyl sites for hydroxylation is 2. The van der Waals surface area contributed by atoms with Crippen molar-refractivity contribution >= 4 is 32.4 Å². The van der Waals surface area contributed by atoms with E-state index in [-0.39, 0.29) is 16.0 Å². The Hall–Kier alpha value is -2.01. The number of benzene rings is 1. The van der Waals surface area contributed by atoms with Gasteiger partial charge in [0.15, 0.2) is 5.13 Å². The molecule has 0 spiro atoms. The summed E-state index contributed by atoms with van der Waals surface area (Å²) in [5.41, 5.74) is 4.66. The predicted molar refractivity (Wildman–Crippen MR) is 118 cm³/mol. The van der Waals surface area contributed by atoms with Crippen LogP contribution in [0.2, 0.25) is 0 Å². The van der Waals surface area contributed by atoms with Crippen molar-refractivity contribution in [3.05, 3.63) is 39.9 Å². The lowest BCUT2D eigenvalue weighted by Gasteiger charge is -2.25. The zero-order valence-corrected chi connectivity index (χ0v) is 19.5. The van der Waals surface area contributed by atoms with Gasteiger partial charge in [-0.1, -0.05) is 32.9 Å². The number of hydrogen-bond acceptors (Lipinski definition) is 7. The summed E-state index contributed by atoms with van der Waals surface area (Å²) in [6.07, 6.45) is 0.